The first-order valence-corrected chi connectivity index (χ1v) is 10.9. The maximum Gasteiger partial charge on any atom is 0.254 e. The zero-order valence-corrected chi connectivity index (χ0v) is 17.6. The lowest BCUT2D eigenvalue weighted by molar-refractivity contribution is 0.0789. The number of carbonyl (C=O) groups excluding carboxylic acids is 1. The SMILES string of the molecule is CCCCN(C)C(=O)c1ccccc1S(=O)(=O)N1CC2CCC(N)C2C1.Cl. The second-order valence-electron chi connectivity index (χ2n) is 7.56. The summed E-state index contributed by atoms with van der Waals surface area (Å²) in [6.45, 7) is 3.65. The Kier molecular flexibility index (Phi) is 7.30. The number of sulfonamides is 1. The molecule has 3 atom stereocenters. The van der Waals surface area contributed by atoms with Gasteiger partial charge in [-0.25, -0.2) is 8.42 Å². The molecule has 1 saturated heterocycles. The molecule has 0 radical (unpaired) electrons. The van der Waals surface area contributed by atoms with Crippen LogP contribution in [0.2, 0.25) is 0 Å². The van der Waals surface area contributed by atoms with Crippen LogP contribution in [0.5, 0.6) is 0 Å². The molecule has 1 aromatic carbocycles. The molecule has 8 heteroatoms. The first kappa shape index (κ1) is 22.1. The van der Waals surface area contributed by atoms with Gasteiger partial charge in [-0.15, -0.1) is 12.4 Å². The van der Waals surface area contributed by atoms with Gasteiger partial charge in [0.05, 0.1) is 10.5 Å². The second-order valence-corrected chi connectivity index (χ2v) is 9.47. The first-order chi connectivity index (χ1) is 12.4. The van der Waals surface area contributed by atoms with Gasteiger partial charge in [0.2, 0.25) is 10.0 Å². The van der Waals surface area contributed by atoms with Crippen molar-refractivity contribution in [1.29, 1.82) is 0 Å². The summed E-state index contributed by atoms with van der Waals surface area (Å²) in [6, 6.07) is 6.63. The van der Waals surface area contributed by atoms with Gasteiger partial charge >= 0.3 is 0 Å². The third kappa shape index (κ3) is 4.31. The van der Waals surface area contributed by atoms with E-state index in [0.29, 0.717) is 25.6 Å². The number of amides is 1. The summed E-state index contributed by atoms with van der Waals surface area (Å²) in [7, 11) is -1.98. The molecule has 0 bridgehead atoms. The van der Waals surface area contributed by atoms with Gasteiger partial charge in [0.25, 0.3) is 5.91 Å². The Morgan fingerprint density at radius 3 is 2.63 bits per heavy atom. The molecular formula is C19H30ClN3O3S. The molecule has 1 aliphatic heterocycles. The number of hydrogen-bond donors (Lipinski definition) is 1. The van der Waals surface area contributed by atoms with E-state index in [9.17, 15) is 13.2 Å². The maximum atomic E-state index is 13.2. The Bertz CT molecular complexity index is 771. The summed E-state index contributed by atoms with van der Waals surface area (Å²) < 4.78 is 28.0. The van der Waals surface area contributed by atoms with Crippen LogP contribution in [-0.2, 0) is 10.0 Å². The van der Waals surface area contributed by atoms with E-state index in [1.165, 1.54) is 4.31 Å². The standard InChI is InChI=1S/C19H29N3O3S.ClH/c1-3-4-11-21(2)19(23)15-7-5-6-8-18(15)26(24,25)22-12-14-9-10-17(20)16(14)13-22;/h5-8,14,16-17H,3-4,9-13,20H2,1-2H3;1H. The number of benzene rings is 1. The van der Waals surface area contributed by atoms with Crippen molar-refractivity contribution in [2.24, 2.45) is 17.6 Å². The largest absolute Gasteiger partial charge is 0.342 e. The van der Waals surface area contributed by atoms with Crippen molar-refractivity contribution in [3.05, 3.63) is 29.8 Å². The molecule has 2 N–H and O–H groups in total. The lowest BCUT2D eigenvalue weighted by Gasteiger charge is -2.22. The lowest BCUT2D eigenvalue weighted by Crippen LogP contribution is -2.35. The van der Waals surface area contributed by atoms with E-state index in [-0.39, 0.29) is 40.7 Å². The van der Waals surface area contributed by atoms with Crippen LogP contribution in [0.15, 0.2) is 29.2 Å². The Hall–Kier alpha value is -1.15. The van der Waals surface area contributed by atoms with Gasteiger partial charge in [0.15, 0.2) is 0 Å². The summed E-state index contributed by atoms with van der Waals surface area (Å²) in [4.78, 5) is 14.5. The molecule has 1 saturated carbocycles. The molecule has 3 rings (SSSR count). The second kappa shape index (κ2) is 8.90. The van der Waals surface area contributed by atoms with Gasteiger partial charge < -0.3 is 10.6 Å². The van der Waals surface area contributed by atoms with Gasteiger partial charge in [-0.1, -0.05) is 25.5 Å². The maximum absolute atomic E-state index is 13.2. The zero-order chi connectivity index (χ0) is 18.9. The molecule has 152 valence electrons. The van der Waals surface area contributed by atoms with Gasteiger partial charge in [-0.3, -0.25) is 4.79 Å². The molecule has 1 aliphatic carbocycles. The molecule has 6 nitrogen and oxygen atoms in total. The van der Waals surface area contributed by atoms with Crippen LogP contribution in [0.1, 0.15) is 43.0 Å². The monoisotopic (exact) mass is 415 g/mol. The summed E-state index contributed by atoms with van der Waals surface area (Å²) in [6.07, 6.45) is 3.83. The minimum atomic E-state index is -3.70. The molecular weight excluding hydrogens is 386 g/mol. The van der Waals surface area contributed by atoms with Gasteiger partial charge in [0.1, 0.15) is 0 Å². The predicted molar refractivity (Wildman–Crippen MR) is 109 cm³/mol. The smallest absolute Gasteiger partial charge is 0.254 e. The number of nitrogens with two attached hydrogens (primary N) is 1. The van der Waals surface area contributed by atoms with Crippen molar-refractivity contribution in [2.75, 3.05) is 26.7 Å². The molecule has 2 fully saturated rings. The Morgan fingerprint density at radius 1 is 1.26 bits per heavy atom. The van der Waals surface area contributed by atoms with Crippen LogP contribution in [0.25, 0.3) is 0 Å². The van der Waals surface area contributed by atoms with Gasteiger partial charge in [-0.2, -0.15) is 4.31 Å². The highest BCUT2D eigenvalue weighted by molar-refractivity contribution is 7.89. The fourth-order valence-electron chi connectivity index (χ4n) is 4.17. The van der Waals surface area contributed by atoms with Crippen LogP contribution in [0, 0.1) is 11.8 Å². The van der Waals surface area contributed by atoms with Crippen LogP contribution >= 0.6 is 12.4 Å². The van der Waals surface area contributed by atoms with Crippen LogP contribution in [0.4, 0.5) is 0 Å². The van der Waals surface area contributed by atoms with Crippen molar-refractivity contribution in [1.82, 2.24) is 9.21 Å². The minimum Gasteiger partial charge on any atom is -0.342 e. The number of fused-ring (bicyclic) bond motifs is 1. The topological polar surface area (TPSA) is 83.7 Å². The molecule has 2 aliphatic rings. The predicted octanol–water partition coefficient (Wildman–Crippen LogP) is 2.34. The molecule has 0 spiro atoms. The van der Waals surface area contributed by atoms with E-state index < -0.39 is 10.0 Å². The molecule has 0 aromatic heterocycles. The summed E-state index contributed by atoms with van der Waals surface area (Å²) >= 11 is 0. The van der Waals surface area contributed by atoms with Crippen LogP contribution < -0.4 is 5.73 Å². The summed E-state index contributed by atoms with van der Waals surface area (Å²) in [5.74, 6) is 0.337. The quantitative estimate of drug-likeness (QED) is 0.772. The highest BCUT2D eigenvalue weighted by atomic mass is 35.5. The molecule has 1 amide bonds. The number of carbonyl (C=O) groups is 1. The first-order valence-electron chi connectivity index (χ1n) is 9.46. The highest BCUT2D eigenvalue weighted by Crippen LogP contribution is 2.39. The van der Waals surface area contributed by atoms with Crippen molar-refractivity contribution in [3.63, 3.8) is 0 Å². The molecule has 1 aromatic rings. The third-order valence-electron chi connectivity index (χ3n) is 5.81. The molecule has 1 heterocycles. The number of hydrogen-bond acceptors (Lipinski definition) is 4. The van der Waals surface area contributed by atoms with Crippen LogP contribution in [0.3, 0.4) is 0 Å². The number of rotatable bonds is 6. The van der Waals surface area contributed by atoms with Crippen molar-refractivity contribution < 1.29 is 13.2 Å². The highest BCUT2D eigenvalue weighted by Gasteiger charge is 2.45. The minimum absolute atomic E-state index is 0. The number of unbranched alkanes of at least 4 members (excludes halogenated alkanes) is 1. The lowest BCUT2D eigenvalue weighted by atomic mass is 9.98. The van der Waals surface area contributed by atoms with E-state index >= 15 is 0 Å². The van der Waals surface area contributed by atoms with E-state index in [1.807, 2.05) is 0 Å². The average Bonchev–Trinajstić information content (AvgIpc) is 3.22. The number of nitrogens with zero attached hydrogens (tertiary/aromatic N) is 2. The van der Waals surface area contributed by atoms with Crippen LogP contribution in [-0.4, -0.2) is 56.3 Å². The summed E-state index contributed by atoms with van der Waals surface area (Å²) in [5.41, 5.74) is 6.40. The fraction of sp³-hybridized carbons (Fsp3) is 0.632. The van der Waals surface area contributed by atoms with Crippen molar-refractivity contribution in [3.8, 4) is 0 Å². The molecule has 3 unspecified atom stereocenters. The van der Waals surface area contributed by atoms with Crippen molar-refractivity contribution >= 4 is 28.3 Å². The fourth-order valence-corrected chi connectivity index (χ4v) is 5.89. The summed E-state index contributed by atoms with van der Waals surface area (Å²) in [5, 5.41) is 0. The van der Waals surface area contributed by atoms with E-state index in [0.717, 1.165) is 25.7 Å². The van der Waals surface area contributed by atoms with E-state index in [4.69, 9.17) is 5.73 Å². The van der Waals surface area contributed by atoms with Crippen molar-refractivity contribution in [2.45, 2.75) is 43.5 Å². The van der Waals surface area contributed by atoms with Gasteiger partial charge in [-0.05, 0) is 43.2 Å². The average molecular weight is 416 g/mol. The Labute approximate surface area is 168 Å². The number of halogens is 1. The third-order valence-corrected chi connectivity index (χ3v) is 7.70. The normalized spacial score (nSPS) is 25.1. The zero-order valence-electron chi connectivity index (χ0n) is 16.0. The van der Waals surface area contributed by atoms with Gasteiger partial charge in [0, 0.05) is 32.7 Å². The van der Waals surface area contributed by atoms with E-state index in [2.05, 4.69) is 6.92 Å². The van der Waals surface area contributed by atoms with E-state index in [1.54, 1.807) is 36.2 Å². The Balaban J connectivity index is 0.00000261. The Morgan fingerprint density at radius 2 is 1.96 bits per heavy atom. The molecule has 27 heavy (non-hydrogen) atoms.